The number of aryl methyl sites for hydroxylation is 1. The van der Waals surface area contributed by atoms with Crippen LogP contribution in [0.15, 0.2) is 10.6 Å². The molecule has 19 heavy (non-hydrogen) atoms. The van der Waals surface area contributed by atoms with Gasteiger partial charge in [-0.3, -0.25) is 9.59 Å². The molecule has 0 saturated carbocycles. The molecule has 7 nitrogen and oxygen atoms in total. The van der Waals surface area contributed by atoms with Gasteiger partial charge in [0.15, 0.2) is 6.61 Å². The third-order valence-corrected chi connectivity index (χ3v) is 3.07. The van der Waals surface area contributed by atoms with Gasteiger partial charge in [0.1, 0.15) is 5.76 Å². The van der Waals surface area contributed by atoms with Crippen LogP contribution in [0.3, 0.4) is 0 Å². The van der Waals surface area contributed by atoms with Gasteiger partial charge in [-0.2, -0.15) is 0 Å². The Kier molecular flexibility index (Phi) is 4.03. The second kappa shape index (κ2) is 5.73. The van der Waals surface area contributed by atoms with Gasteiger partial charge < -0.3 is 19.3 Å². The Morgan fingerprint density at radius 2 is 2.42 bits per heavy atom. The number of carboxylic acids is 1. The minimum Gasteiger partial charge on any atom is -0.481 e. The molecule has 0 radical (unpaired) electrons. The topological polar surface area (TPSA) is 92.9 Å². The van der Waals surface area contributed by atoms with Crippen molar-refractivity contribution in [2.24, 2.45) is 5.92 Å². The largest absolute Gasteiger partial charge is 0.481 e. The summed E-state index contributed by atoms with van der Waals surface area (Å²) in [6.07, 6.45) is 1.31. The van der Waals surface area contributed by atoms with Crippen LogP contribution in [-0.2, 0) is 9.59 Å². The van der Waals surface area contributed by atoms with E-state index in [0.717, 1.165) is 0 Å². The summed E-state index contributed by atoms with van der Waals surface area (Å²) < 4.78 is 10.0. The first-order valence-corrected chi connectivity index (χ1v) is 6.13. The Balaban J connectivity index is 1.84. The summed E-state index contributed by atoms with van der Waals surface area (Å²) in [6, 6.07) is 1.59. The SMILES string of the molecule is Cc1cc(OCC(=O)N2CCCC(C(=O)O)C2)no1. The third-order valence-electron chi connectivity index (χ3n) is 3.07. The molecule has 104 valence electrons. The molecule has 1 aliphatic heterocycles. The Hall–Kier alpha value is -2.05. The standard InChI is InChI=1S/C12H16N2O5/c1-8-5-10(13-19-8)18-7-11(15)14-4-2-3-9(6-14)12(16)17/h5,9H,2-4,6-7H2,1H3,(H,16,17). The van der Waals surface area contributed by atoms with Crippen molar-refractivity contribution in [1.29, 1.82) is 0 Å². The van der Waals surface area contributed by atoms with Crippen LogP contribution < -0.4 is 4.74 Å². The van der Waals surface area contributed by atoms with E-state index in [-0.39, 0.29) is 24.9 Å². The highest BCUT2D eigenvalue weighted by Gasteiger charge is 2.28. The molecule has 2 rings (SSSR count). The van der Waals surface area contributed by atoms with Crippen molar-refractivity contribution in [3.63, 3.8) is 0 Å². The van der Waals surface area contributed by atoms with Crippen LogP contribution >= 0.6 is 0 Å². The Bertz CT molecular complexity index is 470. The summed E-state index contributed by atoms with van der Waals surface area (Å²) in [5, 5.41) is 12.6. The lowest BCUT2D eigenvalue weighted by atomic mass is 9.98. The molecule has 1 atom stereocenters. The van der Waals surface area contributed by atoms with E-state index in [1.807, 2.05) is 0 Å². The number of aromatic nitrogens is 1. The van der Waals surface area contributed by atoms with Crippen LogP contribution in [0.2, 0.25) is 0 Å². The van der Waals surface area contributed by atoms with E-state index in [1.165, 1.54) is 4.90 Å². The van der Waals surface area contributed by atoms with Gasteiger partial charge in [0.25, 0.3) is 11.8 Å². The number of carboxylic acid groups (broad SMARTS) is 1. The zero-order chi connectivity index (χ0) is 13.8. The molecular formula is C12H16N2O5. The first kappa shape index (κ1) is 13.4. The quantitative estimate of drug-likeness (QED) is 0.863. The zero-order valence-electron chi connectivity index (χ0n) is 10.7. The molecule has 1 aromatic heterocycles. The average molecular weight is 268 g/mol. The third kappa shape index (κ3) is 3.46. The second-order valence-corrected chi connectivity index (χ2v) is 4.58. The highest BCUT2D eigenvalue weighted by molar-refractivity contribution is 5.79. The maximum atomic E-state index is 11.9. The molecular weight excluding hydrogens is 252 g/mol. The van der Waals surface area contributed by atoms with E-state index in [1.54, 1.807) is 13.0 Å². The van der Waals surface area contributed by atoms with E-state index < -0.39 is 11.9 Å². The number of amides is 1. The van der Waals surface area contributed by atoms with Gasteiger partial charge in [-0.25, -0.2) is 0 Å². The van der Waals surface area contributed by atoms with Gasteiger partial charge in [0.2, 0.25) is 0 Å². The second-order valence-electron chi connectivity index (χ2n) is 4.58. The summed E-state index contributed by atoms with van der Waals surface area (Å²) in [5.41, 5.74) is 0. The molecule has 2 heterocycles. The van der Waals surface area contributed by atoms with E-state index >= 15 is 0 Å². The highest BCUT2D eigenvalue weighted by atomic mass is 16.5. The van der Waals surface area contributed by atoms with Crippen molar-refractivity contribution in [1.82, 2.24) is 10.1 Å². The number of hydrogen-bond donors (Lipinski definition) is 1. The van der Waals surface area contributed by atoms with Crippen LogP contribution in [-0.4, -0.2) is 46.7 Å². The minimum absolute atomic E-state index is 0.154. The molecule has 1 aliphatic rings. The maximum absolute atomic E-state index is 11.9. The van der Waals surface area contributed by atoms with Gasteiger partial charge >= 0.3 is 5.97 Å². The minimum atomic E-state index is -0.856. The van der Waals surface area contributed by atoms with Crippen LogP contribution in [0, 0.1) is 12.8 Å². The summed E-state index contributed by atoms with van der Waals surface area (Å²) >= 11 is 0. The van der Waals surface area contributed by atoms with Crippen LogP contribution in [0.4, 0.5) is 0 Å². The molecule has 1 N–H and O–H groups in total. The number of hydrogen-bond acceptors (Lipinski definition) is 5. The van der Waals surface area contributed by atoms with E-state index in [4.69, 9.17) is 14.4 Å². The first-order valence-electron chi connectivity index (χ1n) is 6.13. The van der Waals surface area contributed by atoms with Gasteiger partial charge in [0.05, 0.1) is 5.92 Å². The van der Waals surface area contributed by atoms with Crippen molar-refractivity contribution in [2.75, 3.05) is 19.7 Å². The molecule has 1 unspecified atom stereocenters. The van der Waals surface area contributed by atoms with Crippen molar-refractivity contribution in [3.05, 3.63) is 11.8 Å². The lowest BCUT2D eigenvalue weighted by Gasteiger charge is -2.30. The predicted molar refractivity (Wildman–Crippen MR) is 63.7 cm³/mol. The predicted octanol–water partition coefficient (Wildman–Crippen LogP) is 0.685. The number of carbonyl (C=O) groups is 2. The number of ether oxygens (including phenoxy) is 1. The van der Waals surface area contributed by atoms with Gasteiger partial charge in [-0.15, -0.1) is 0 Å². The first-order chi connectivity index (χ1) is 9.06. The summed E-state index contributed by atoms with van der Waals surface area (Å²) in [5.74, 6) is -0.701. The van der Waals surface area contributed by atoms with Crippen LogP contribution in [0.1, 0.15) is 18.6 Å². The molecule has 1 saturated heterocycles. The van der Waals surface area contributed by atoms with Crippen LogP contribution in [0.25, 0.3) is 0 Å². The number of likely N-dealkylation sites (tertiary alicyclic amines) is 1. The van der Waals surface area contributed by atoms with E-state index in [9.17, 15) is 9.59 Å². The number of nitrogens with zero attached hydrogens (tertiary/aromatic N) is 2. The molecule has 0 spiro atoms. The molecule has 0 bridgehead atoms. The fraction of sp³-hybridized carbons (Fsp3) is 0.583. The summed E-state index contributed by atoms with van der Waals surface area (Å²) in [4.78, 5) is 24.3. The fourth-order valence-electron chi connectivity index (χ4n) is 2.04. The lowest BCUT2D eigenvalue weighted by Crippen LogP contribution is -2.44. The van der Waals surface area contributed by atoms with Crippen molar-refractivity contribution in [2.45, 2.75) is 19.8 Å². The smallest absolute Gasteiger partial charge is 0.308 e. The molecule has 7 heteroatoms. The summed E-state index contributed by atoms with van der Waals surface area (Å²) in [6.45, 7) is 2.39. The lowest BCUT2D eigenvalue weighted by molar-refractivity contribution is -0.146. The van der Waals surface area contributed by atoms with Gasteiger partial charge in [-0.05, 0) is 24.9 Å². The summed E-state index contributed by atoms with van der Waals surface area (Å²) in [7, 11) is 0. The number of rotatable bonds is 4. The van der Waals surface area contributed by atoms with Crippen LogP contribution in [0.5, 0.6) is 5.88 Å². The zero-order valence-corrected chi connectivity index (χ0v) is 10.7. The van der Waals surface area contributed by atoms with Crippen molar-refractivity contribution >= 4 is 11.9 Å². The van der Waals surface area contributed by atoms with Crippen molar-refractivity contribution < 1.29 is 24.0 Å². The molecule has 1 amide bonds. The number of piperidine rings is 1. The number of aliphatic carboxylic acids is 1. The molecule has 1 aromatic rings. The monoisotopic (exact) mass is 268 g/mol. The normalized spacial score (nSPS) is 19.2. The Morgan fingerprint density at radius 3 is 3.05 bits per heavy atom. The molecule has 0 aliphatic carbocycles. The Morgan fingerprint density at radius 1 is 1.63 bits per heavy atom. The van der Waals surface area contributed by atoms with E-state index in [2.05, 4.69) is 5.16 Å². The average Bonchev–Trinajstić information content (AvgIpc) is 2.82. The molecule has 0 aromatic carbocycles. The van der Waals surface area contributed by atoms with E-state index in [0.29, 0.717) is 25.1 Å². The maximum Gasteiger partial charge on any atom is 0.308 e. The number of carbonyl (C=O) groups excluding carboxylic acids is 1. The molecule has 1 fully saturated rings. The van der Waals surface area contributed by atoms with Gasteiger partial charge in [0, 0.05) is 19.2 Å². The fourth-order valence-corrected chi connectivity index (χ4v) is 2.04. The van der Waals surface area contributed by atoms with Gasteiger partial charge in [-0.1, -0.05) is 0 Å². The Labute approximate surface area is 110 Å². The van der Waals surface area contributed by atoms with Crippen molar-refractivity contribution in [3.8, 4) is 5.88 Å². The highest BCUT2D eigenvalue weighted by Crippen LogP contribution is 2.17.